The smallest absolute Gasteiger partial charge is 0.338 e. The Hall–Kier alpha value is -3.76. The van der Waals surface area contributed by atoms with Crippen LogP contribution in [0.2, 0.25) is 0 Å². The van der Waals surface area contributed by atoms with Gasteiger partial charge in [-0.3, -0.25) is 25.4 Å². The molecule has 3 N–H and O–H groups in total. The van der Waals surface area contributed by atoms with Crippen LogP contribution in [-0.2, 0) is 17.8 Å². The molecule has 208 valence electrons. The number of amides is 2. The number of pyridine rings is 1. The first-order valence-electron chi connectivity index (χ1n) is 12.4. The van der Waals surface area contributed by atoms with Crippen LogP contribution in [0.4, 0.5) is 13.2 Å². The summed E-state index contributed by atoms with van der Waals surface area (Å²) in [7, 11) is 0. The molecule has 2 rings (SSSR count). The second-order valence-electron chi connectivity index (χ2n) is 8.69. The van der Waals surface area contributed by atoms with Gasteiger partial charge in [0.2, 0.25) is 5.91 Å². The summed E-state index contributed by atoms with van der Waals surface area (Å²) in [6.45, 7) is 13.7. The summed E-state index contributed by atoms with van der Waals surface area (Å²) >= 11 is 0. The van der Waals surface area contributed by atoms with Gasteiger partial charge in [-0.2, -0.15) is 13.2 Å². The quantitative estimate of drug-likeness (QED) is 0.224. The van der Waals surface area contributed by atoms with Gasteiger partial charge in [0.25, 0.3) is 5.91 Å². The highest BCUT2D eigenvalue weighted by Gasteiger charge is 2.30. The van der Waals surface area contributed by atoms with E-state index in [1.165, 1.54) is 15.9 Å². The van der Waals surface area contributed by atoms with Crippen LogP contribution in [-0.4, -0.2) is 57.5 Å². The fraction of sp³-hybridized carbons (Fsp3) is 0.444. The maximum Gasteiger partial charge on any atom is 0.389 e. The zero-order valence-electron chi connectivity index (χ0n) is 22.6. The minimum Gasteiger partial charge on any atom is -0.338 e. The highest BCUT2D eigenvalue weighted by atomic mass is 19.4. The fourth-order valence-corrected chi connectivity index (χ4v) is 3.50. The summed E-state index contributed by atoms with van der Waals surface area (Å²) in [6, 6.07) is 1.50. The van der Waals surface area contributed by atoms with Crippen molar-refractivity contribution in [2.45, 2.75) is 72.6 Å². The largest absolute Gasteiger partial charge is 0.389 e. The molecule has 0 saturated heterocycles. The molecule has 1 aromatic heterocycles. The highest BCUT2D eigenvalue weighted by Crippen LogP contribution is 2.24. The van der Waals surface area contributed by atoms with Crippen LogP contribution in [0.3, 0.4) is 0 Å². The number of hydrogen-bond donors (Lipinski definition) is 3. The molecule has 8 nitrogen and oxygen atoms in total. The van der Waals surface area contributed by atoms with E-state index in [4.69, 9.17) is 10.8 Å². The molecule has 0 bridgehead atoms. The van der Waals surface area contributed by atoms with Gasteiger partial charge in [0.15, 0.2) is 0 Å². The van der Waals surface area contributed by atoms with Crippen LogP contribution in [0.1, 0.15) is 69.1 Å². The summed E-state index contributed by atoms with van der Waals surface area (Å²) in [4.78, 5) is 31.8. The number of hydrogen-bond acceptors (Lipinski definition) is 5. The Kier molecular flexibility index (Phi) is 12.6. The number of fused-ring (bicyclic) bond motifs is 1. The van der Waals surface area contributed by atoms with Crippen molar-refractivity contribution in [2.75, 3.05) is 6.54 Å². The highest BCUT2D eigenvalue weighted by molar-refractivity contribution is 6.01. The zero-order valence-corrected chi connectivity index (χ0v) is 22.6. The number of alkyl halides is 3. The van der Waals surface area contributed by atoms with Crippen molar-refractivity contribution >= 4 is 24.0 Å². The standard InChI is InChI=1S/C25H31F3N6O2.C2H6/c1-16(2)34(15-29)23(30)17(3)6-5-7-18(4)32-24(36)21-12-20-14-33(11-9-19(20)13-31-21)22(35)8-10-25(26,27)28;1-2/h5-7,12-13,15-16,29-30H,4,8-11,14H2,1-3H3,(H,32,36);1-2H3/b7-5-,17-6+,29-15?,30-23?;. The van der Waals surface area contributed by atoms with Crippen molar-refractivity contribution in [3.8, 4) is 0 Å². The van der Waals surface area contributed by atoms with Gasteiger partial charge in [0, 0.05) is 37.4 Å². The van der Waals surface area contributed by atoms with Gasteiger partial charge in [-0.15, -0.1) is 0 Å². The molecule has 2 amide bonds. The Morgan fingerprint density at radius 3 is 2.53 bits per heavy atom. The number of allylic oxidation sites excluding steroid dienone is 3. The Bertz CT molecular complexity index is 1090. The summed E-state index contributed by atoms with van der Waals surface area (Å²) in [5, 5.41) is 18.2. The van der Waals surface area contributed by atoms with E-state index in [1.807, 2.05) is 27.7 Å². The van der Waals surface area contributed by atoms with Crippen molar-refractivity contribution < 1.29 is 22.8 Å². The van der Waals surface area contributed by atoms with Crippen LogP contribution < -0.4 is 5.32 Å². The van der Waals surface area contributed by atoms with Crippen LogP contribution >= 0.6 is 0 Å². The summed E-state index contributed by atoms with van der Waals surface area (Å²) in [5.41, 5.74) is 2.51. The molecular weight excluding hydrogens is 497 g/mol. The molecular formula is C27H37F3N6O2. The lowest BCUT2D eigenvalue weighted by atomic mass is 10.0. The lowest BCUT2D eigenvalue weighted by Crippen LogP contribution is -2.36. The van der Waals surface area contributed by atoms with E-state index in [1.54, 1.807) is 31.3 Å². The Balaban J connectivity index is 0.00000352. The zero-order chi connectivity index (χ0) is 29.0. The molecule has 1 aromatic rings. The first-order valence-corrected chi connectivity index (χ1v) is 12.4. The molecule has 0 atom stereocenters. The van der Waals surface area contributed by atoms with E-state index in [0.717, 1.165) is 11.9 Å². The average molecular weight is 535 g/mol. The van der Waals surface area contributed by atoms with Crippen molar-refractivity contribution in [3.63, 3.8) is 0 Å². The van der Waals surface area contributed by atoms with Crippen LogP contribution in [0.5, 0.6) is 0 Å². The van der Waals surface area contributed by atoms with Gasteiger partial charge in [-0.05, 0) is 56.0 Å². The van der Waals surface area contributed by atoms with E-state index < -0.39 is 30.8 Å². The number of rotatable bonds is 9. The number of carbonyl (C=O) groups is 2. The molecule has 1 aliphatic heterocycles. The third kappa shape index (κ3) is 9.95. The summed E-state index contributed by atoms with van der Waals surface area (Å²) < 4.78 is 37.3. The van der Waals surface area contributed by atoms with E-state index in [0.29, 0.717) is 24.1 Å². The molecule has 11 heteroatoms. The van der Waals surface area contributed by atoms with Crippen LogP contribution in [0.15, 0.2) is 48.3 Å². The van der Waals surface area contributed by atoms with Gasteiger partial charge < -0.3 is 15.1 Å². The van der Waals surface area contributed by atoms with Gasteiger partial charge in [-0.25, -0.2) is 0 Å². The molecule has 0 fully saturated rings. The number of amidine groups is 1. The molecule has 0 saturated carbocycles. The Labute approximate surface area is 222 Å². The predicted molar refractivity (Wildman–Crippen MR) is 143 cm³/mol. The third-order valence-electron chi connectivity index (χ3n) is 5.55. The molecule has 2 heterocycles. The number of nitrogens with one attached hydrogen (secondary N) is 3. The second kappa shape index (κ2) is 14.8. The maximum atomic E-state index is 12.6. The first kappa shape index (κ1) is 32.3. The summed E-state index contributed by atoms with van der Waals surface area (Å²) in [6.07, 6.45) is 1.78. The fourth-order valence-electron chi connectivity index (χ4n) is 3.50. The lowest BCUT2D eigenvalue weighted by molar-refractivity contribution is -0.149. The van der Waals surface area contributed by atoms with Gasteiger partial charge >= 0.3 is 6.18 Å². The van der Waals surface area contributed by atoms with Crippen molar-refractivity contribution in [1.29, 1.82) is 10.8 Å². The van der Waals surface area contributed by atoms with Crippen molar-refractivity contribution in [2.24, 2.45) is 0 Å². The molecule has 0 spiro atoms. The lowest BCUT2D eigenvalue weighted by Gasteiger charge is -2.29. The second-order valence-corrected chi connectivity index (χ2v) is 8.69. The number of carbonyl (C=O) groups excluding carboxylic acids is 2. The van der Waals surface area contributed by atoms with Gasteiger partial charge in [0.1, 0.15) is 11.5 Å². The molecule has 38 heavy (non-hydrogen) atoms. The molecule has 0 aromatic carbocycles. The van der Waals surface area contributed by atoms with Gasteiger partial charge in [-0.1, -0.05) is 32.6 Å². The topological polar surface area (TPSA) is 113 Å². The van der Waals surface area contributed by atoms with Crippen LogP contribution in [0, 0.1) is 10.8 Å². The van der Waals surface area contributed by atoms with Crippen molar-refractivity contribution in [1.82, 2.24) is 20.1 Å². The maximum absolute atomic E-state index is 12.6. The minimum absolute atomic E-state index is 0.0363. The van der Waals surface area contributed by atoms with E-state index in [-0.39, 0.29) is 29.8 Å². The Morgan fingerprint density at radius 1 is 1.29 bits per heavy atom. The summed E-state index contributed by atoms with van der Waals surface area (Å²) in [5.74, 6) is -0.910. The van der Waals surface area contributed by atoms with E-state index >= 15 is 0 Å². The minimum atomic E-state index is -4.39. The Morgan fingerprint density at radius 2 is 1.95 bits per heavy atom. The number of nitrogens with zero attached hydrogens (tertiary/aromatic N) is 3. The van der Waals surface area contributed by atoms with E-state index in [2.05, 4.69) is 16.9 Å². The third-order valence-corrected chi connectivity index (χ3v) is 5.55. The van der Waals surface area contributed by atoms with Gasteiger partial charge in [0.05, 0.1) is 12.8 Å². The average Bonchev–Trinajstić information content (AvgIpc) is 2.87. The molecule has 0 aliphatic carbocycles. The van der Waals surface area contributed by atoms with Crippen molar-refractivity contribution in [3.05, 3.63) is 65.2 Å². The first-order chi connectivity index (χ1) is 17.8. The molecule has 0 unspecified atom stereocenters. The molecule has 1 aliphatic rings. The monoisotopic (exact) mass is 534 g/mol. The SMILES string of the molecule is C=C(/C=C\C=C(/C)C(=N)N(C=N)C(C)C)NC(=O)c1cc2c(cn1)CCN(C(=O)CCC(F)(F)F)C2.CC. The molecule has 0 radical (unpaired) electrons. The van der Waals surface area contributed by atoms with Crippen LogP contribution in [0.25, 0.3) is 0 Å². The predicted octanol–water partition coefficient (Wildman–Crippen LogP) is 5.38. The number of aromatic nitrogens is 1. The number of halogens is 3. The van der Waals surface area contributed by atoms with E-state index in [9.17, 15) is 22.8 Å². The normalized spacial score (nSPS) is 13.4.